The third kappa shape index (κ3) is 5.82. The highest BCUT2D eigenvalue weighted by Gasteiger charge is 2.36. The number of carbonyl (C=O) groups excluding carboxylic acids is 2. The van der Waals surface area contributed by atoms with E-state index in [1.165, 1.54) is 6.08 Å². The van der Waals surface area contributed by atoms with Crippen LogP contribution in [0.5, 0.6) is 0 Å². The van der Waals surface area contributed by atoms with E-state index in [-0.39, 0.29) is 19.6 Å². The summed E-state index contributed by atoms with van der Waals surface area (Å²) in [6, 6.07) is 17.1. The molecule has 3 atom stereocenters. The zero-order valence-electron chi connectivity index (χ0n) is 16.3. The van der Waals surface area contributed by atoms with Crippen molar-refractivity contribution in [3.8, 4) is 0 Å². The van der Waals surface area contributed by atoms with Crippen LogP contribution in [0.4, 0.5) is 9.59 Å². The zero-order chi connectivity index (χ0) is 21.3. The second-order valence-electron chi connectivity index (χ2n) is 6.80. The summed E-state index contributed by atoms with van der Waals surface area (Å²) in [5.74, 6) is 0. The molecule has 1 aliphatic rings. The summed E-state index contributed by atoms with van der Waals surface area (Å²) in [5, 5.41) is 21.1. The summed E-state index contributed by atoms with van der Waals surface area (Å²) >= 11 is 0. The monoisotopic (exact) mass is 412 g/mol. The molecule has 0 heterocycles. The Morgan fingerprint density at radius 2 is 1.50 bits per heavy atom. The Bertz CT molecular complexity index is 858. The van der Waals surface area contributed by atoms with Crippen LogP contribution in [0, 0.1) is 0 Å². The van der Waals surface area contributed by atoms with Gasteiger partial charge in [0, 0.05) is 0 Å². The molecule has 8 heteroatoms. The average Bonchev–Trinajstić information content (AvgIpc) is 2.78. The van der Waals surface area contributed by atoms with E-state index < -0.39 is 30.4 Å². The minimum atomic E-state index is -1.30. The number of hydrazine groups is 1. The van der Waals surface area contributed by atoms with Gasteiger partial charge in [0.25, 0.3) is 0 Å². The fourth-order valence-corrected chi connectivity index (χ4v) is 2.96. The van der Waals surface area contributed by atoms with Gasteiger partial charge in [0.2, 0.25) is 0 Å². The summed E-state index contributed by atoms with van der Waals surface area (Å²) in [5.41, 5.74) is 3.86. The summed E-state index contributed by atoms with van der Waals surface area (Å²) in [6.45, 7) is -0.0166. The molecule has 0 aliphatic heterocycles. The van der Waals surface area contributed by atoms with Crippen molar-refractivity contribution in [1.29, 1.82) is 0 Å². The van der Waals surface area contributed by atoms with Gasteiger partial charge in [0.05, 0.1) is 6.10 Å². The summed E-state index contributed by atoms with van der Waals surface area (Å²) < 4.78 is 10.4. The lowest BCUT2D eigenvalue weighted by Crippen LogP contribution is -2.58. The molecule has 0 saturated carbocycles. The van der Waals surface area contributed by atoms with Crippen molar-refractivity contribution in [2.75, 3.05) is 0 Å². The number of aliphatic hydroxyl groups is 2. The molecule has 0 bridgehead atoms. The molecule has 0 saturated heterocycles. The van der Waals surface area contributed by atoms with Crippen molar-refractivity contribution < 1.29 is 29.3 Å². The number of nitrogens with one attached hydrogen (secondary N) is 1. The molecule has 0 spiro atoms. The van der Waals surface area contributed by atoms with E-state index in [0.717, 1.165) is 16.1 Å². The molecule has 0 fully saturated rings. The first-order valence-corrected chi connectivity index (χ1v) is 9.54. The normalized spacial score (nSPS) is 20.3. The first kappa shape index (κ1) is 21.4. The second-order valence-corrected chi connectivity index (χ2v) is 6.80. The highest BCUT2D eigenvalue weighted by molar-refractivity contribution is 5.74. The van der Waals surface area contributed by atoms with E-state index in [2.05, 4.69) is 5.43 Å². The fraction of sp³-hybridized carbons (Fsp3) is 0.273. The van der Waals surface area contributed by atoms with Gasteiger partial charge in [-0.3, -0.25) is 0 Å². The summed E-state index contributed by atoms with van der Waals surface area (Å²) in [4.78, 5) is 25.0. The third-order valence-corrected chi connectivity index (χ3v) is 4.58. The van der Waals surface area contributed by atoms with E-state index in [1.54, 1.807) is 30.3 Å². The Morgan fingerprint density at radius 1 is 0.933 bits per heavy atom. The molecule has 158 valence electrons. The molecule has 3 N–H and O–H groups in total. The number of hydrogen-bond acceptors (Lipinski definition) is 6. The number of carbonyl (C=O) groups is 2. The molecular formula is C22H24N2O6. The van der Waals surface area contributed by atoms with Crippen molar-refractivity contribution in [3.05, 3.63) is 83.9 Å². The molecule has 1 aliphatic carbocycles. The van der Waals surface area contributed by atoms with E-state index in [4.69, 9.17) is 9.47 Å². The smallest absolute Gasteiger partial charge is 0.429 e. The summed E-state index contributed by atoms with van der Waals surface area (Å²) in [7, 11) is 0. The molecule has 2 aromatic rings. The Kier molecular flexibility index (Phi) is 7.42. The average molecular weight is 412 g/mol. The van der Waals surface area contributed by atoms with Gasteiger partial charge < -0.3 is 19.7 Å². The van der Waals surface area contributed by atoms with Crippen molar-refractivity contribution in [2.45, 2.75) is 37.9 Å². The zero-order valence-corrected chi connectivity index (χ0v) is 16.3. The fourth-order valence-electron chi connectivity index (χ4n) is 2.96. The number of hydrogen-bond donors (Lipinski definition) is 3. The lowest BCUT2D eigenvalue weighted by atomic mass is 9.96. The number of benzene rings is 2. The van der Waals surface area contributed by atoms with Crippen molar-refractivity contribution >= 4 is 12.2 Å². The van der Waals surface area contributed by atoms with Crippen LogP contribution in [0.1, 0.15) is 17.5 Å². The maximum absolute atomic E-state index is 12.7. The van der Waals surface area contributed by atoms with Gasteiger partial charge in [-0.25, -0.2) is 20.0 Å². The molecule has 0 radical (unpaired) electrons. The molecule has 0 unspecified atom stereocenters. The number of ether oxygens (including phenoxy) is 2. The van der Waals surface area contributed by atoms with Crippen LogP contribution in [0.15, 0.2) is 72.8 Å². The maximum atomic E-state index is 12.7. The van der Waals surface area contributed by atoms with Crippen LogP contribution in [0.3, 0.4) is 0 Å². The first-order chi connectivity index (χ1) is 14.5. The van der Waals surface area contributed by atoms with E-state index in [1.807, 2.05) is 36.4 Å². The van der Waals surface area contributed by atoms with Crippen molar-refractivity contribution in [2.24, 2.45) is 0 Å². The molecule has 0 aromatic heterocycles. The third-order valence-electron chi connectivity index (χ3n) is 4.58. The Morgan fingerprint density at radius 3 is 2.10 bits per heavy atom. The molecule has 3 rings (SSSR count). The van der Waals surface area contributed by atoms with Crippen molar-refractivity contribution in [1.82, 2.24) is 10.4 Å². The van der Waals surface area contributed by atoms with Crippen LogP contribution in [-0.4, -0.2) is 45.7 Å². The van der Waals surface area contributed by atoms with Gasteiger partial charge in [-0.15, -0.1) is 0 Å². The van der Waals surface area contributed by atoms with Gasteiger partial charge in [-0.2, -0.15) is 0 Å². The lowest BCUT2D eigenvalue weighted by Gasteiger charge is -2.35. The molecule has 8 nitrogen and oxygen atoms in total. The Labute approximate surface area is 174 Å². The van der Waals surface area contributed by atoms with Crippen LogP contribution >= 0.6 is 0 Å². The first-order valence-electron chi connectivity index (χ1n) is 9.54. The van der Waals surface area contributed by atoms with E-state index in [0.29, 0.717) is 0 Å². The van der Waals surface area contributed by atoms with Gasteiger partial charge >= 0.3 is 12.2 Å². The Balaban J connectivity index is 1.66. The minimum absolute atomic E-state index is 0.00522. The second kappa shape index (κ2) is 10.4. The standard InChI is InChI=1S/C22H24N2O6/c25-19-13-7-12-18(20(19)26)24(22(28)30-15-17-10-5-2-6-11-17)23-21(27)29-14-16-8-3-1-4-9-16/h1-12,18-20,25-26H,13-15H2,(H,23,27)/t18-,19-,20+/m1/s1. The number of rotatable bonds is 5. The molecule has 2 amide bonds. The van der Waals surface area contributed by atoms with Gasteiger partial charge in [0.1, 0.15) is 25.4 Å². The van der Waals surface area contributed by atoms with Crippen LogP contribution in [-0.2, 0) is 22.7 Å². The summed E-state index contributed by atoms with van der Waals surface area (Å²) in [6.07, 6.45) is -0.771. The van der Waals surface area contributed by atoms with Gasteiger partial charge in [0.15, 0.2) is 0 Å². The van der Waals surface area contributed by atoms with Gasteiger partial charge in [-0.05, 0) is 17.5 Å². The predicted molar refractivity (Wildman–Crippen MR) is 108 cm³/mol. The minimum Gasteiger partial charge on any atom is -0.443 e. The van der Waals surface area contributed by atoms with Crippen molar-refractivity contribution in [3.63, 3.8) is 0 Å². The molecular weight excluding hydrogens is 388 g/mol. The van der Waals surface area contributed by atoms with Crippen LogP contribution < -0.4 is 5.43 Å². The van der Waals surface area contributed by atoms with Gasteiger partial charge in [-0.1, -0.05) is 72.8 Å². The highest BCUT2D eigenvalue weighted by Crippen LogP contribution is 2.18. The predicted octanol–water partition coefficient (Wildman–Crippen LogP) is 2.52. The quantitative estimate of drug-likeness (QED) is 0.514. The van der Waals surface area contributed by atoms with E-state index in [9.17, 15) is 19.8 Å². The van der Waals surface area contributed by atoms with Crippen LogP contribution in [0.25, 0.3) is 0 Å². The highest BCUT2D eigenvalue weighted by atomic mass is 16.6. The maximum Gasteiger partial charge on any atom is 0.429 e. The lowest BCUT2D eigenvalue weighted by molar-refractivity contribution is -0.0398. The number of nitrogens with zero attached hydrogens (tertiary/aromatic N) is 1. The number of aliphatic hydroxyl groups excluding tert-OH is 2. The van der Waals surface area contributed by atoms with E-state index >= 15 is 0 Å². The number of amides is 2. The molecule has 2 aromatic carbocycles. The van der Waals surface area contributed by atoms with Crippen LogP contribution in [0.2, 0.25) is 0 Å². The largest absolute Gasteiger partial charge is 0.443 e. The SMILES string of the molecule is O=C(NN(C(=O)OCc1ccccc1)[C@@H]1C=CC[C@@H](O)[C@H]1O)OCc1ccccc1. The Hall–Kier alpha value is -3.36. The molecule has 30 heavy (non-hydrogen) atoms. The topological polar surface area (TPSA) is 108 Å².